The van der Waals surface area contributed by atoms with Gasteiger partial charge >= 0.3 is 0 Å². The number of hydrogen-bond acceptors (Lipinski definition) is 5. The smallest absolute Gasteiger partial charge is 0.255 e. The van der Waals surface area contributed by atoms with Gasteiger partial charge in [-0.05, 0) is 61.1 Å². The largest absolute Gasteiger partial charge is 0.497 e. The van der Waals surface area contributed by atoms with E-state index in [1.54, 1.807) is 30.2 Å². The molecule has 0 radical (unpaired) electrons. The first-order valence-corrected chi connectivity index (χ1v) is 13.0. The molecule has 0 aliphatic carbocycles. The molecule has 8 nitrogen and oxygen atoms in total. The van der Waals surface area contributed by atoms with Gasteiger partial charge in [0.05, 0.1) is 31.7 Å². The van der Waals surface area contributed by atoms with Crippen molar-refractivity contribution in [1.29, 1.82) is 0 Å². The molecule has 9 heteroatoms. The Morgan fingerprint density at radius 1 is 1.19 bits per heavy atom. The zero-order chi connectivity index (χ0) is 26.8. The molecule has 200 valence electrons. The predicted octanol–water partition coefficient (Wildman–Crippen LogP) is 3.85. The Labute approximate surface area is 223 Å². The zero-order valence-corrected chi connectivity index (χ0v) is 22.5. The Morgan fingerprint density at radius 3 is 2.76 bits per heavy atom. The van der Waals surface area contributed by atoms with Crippen LogP contribution in [0.15, 0.2) is 42.5 Å². The van der Waals surface area contributed by atoms with E-state index in [2.05, 4.69) is 24.5 Å². The highest BCUT2D eigenvalue weighted by atomic mass is 35.5. The molecule has 2 aromatic rings. The number of fused-ring (bicyclic) bond motifs is 1. The lowest BCUT2D eigenvalue weighted by Gasteiger charge is -2.25. The minimum Gasteiger partial charge on any atom is -0.497 e. The lowest BCUT2D eigenvalue weighted by Crippen LogP contribution is -2.47. The SMILES string of the molecule is COc1cccc(CC(=O)N2CCCCNC(=O)c3cc(Cl)ccc3OC[C@H](CC(C)C)NC(=O)C2)c1. The van der Waals surface area contributed by atoms with Gasteiger partial charge in [0.1, 0.15) is 18.1 Å². The van der Waals surface area contributed by atoms with E-state index in [0.29, 0.717) is 60.4 Å². The maximum Gasteiger partial charge on any atom is 0.255 e. The van der Waals surface area contributed by atoms with Crippen LogP contribution in [0.1, 0.15) is 49.0 Å². The number of hydrogen-bond donors (Lipinski definition) is 2. The second-order valence-electron chi connectivity index (χ2n) is 9.65. The lowest BCUT2D eigenvalue weighted by molar-refractivity contribution is -0.136. The Morgan fingerprint density at radius 2 is 2.00 bits per heavy atom. The van der Waals surface area contributed by atoms with Crippen molar-refractivity contribution in [3.63, 3.8) is 0 Å². The Balaban J connectivity index is 1.78. The number of benzene rings is 2. The molecule has 1 heterocycles. The van der Waals surface area contributed by atoms with Gasteiger partial charge in [-0.2, -0.15) is 0 Å². The molecule has 0 saturated carbocycles. The van der Waals surface area contributed by atoms with Crippen molar-refractivity contribution in [3.05, 3.63) is 58.6 Å². The highest BCUT2D eigenvalue weighted by molar-refractivity contribution is 6.31. The van der Waals surface area contributed by atoms with Crippen molar-refractivity contribution in [2.45, 2.75) is 45.6 Å². The van der Waals surface area contributed by atoms with Gasteiger partial charge in [-0.3, -0.25) is 14.4 Å². The molecular formula is C28H36ClN3O5. The van der Waals surface area contributed by atoms with Crippen molar-refractivity contribution < 1.29 is 23.9 Å². The molecule has 1 aliphatic heterocycles. The zero-order valence-electron chi connectivity index (χ0n) is 21.7. The number of carbonyl (C=O) groups is 3. The summed E-state index contributed by atoms with van der Waals surface area (Å²) in [6.07, 6.45) is 2.11. The van der Waals surface area contributed by atoms with E-state index in [1.807, 2.05) is 24.3 Å². The lowest BCUT2D eigenvalue weighted by atomic mass is 10.0. The highest BCUT2D eigenvalue weighted by Gasteiger charge is 2.22. The van der Waals surface area contributed by atoms with Crippen molar-refractivity contribution in [3.8, 4) is 11.5 Å². The fourth-order valence-corrected chi connectivity index (χ4v) is 4.44. The molecule has 3 rings (SSSR count). The topological polar surface area (TPSA) is 97.0 Å². The van der Waals surface area contributed by atoms with Gasteiger partial charge in [0.15, 0.2) is 0 Å². The van der Waals surface area contributed by atoms with Crippen molar-refractivity contribution in [1.82, 2.24) is 15.5 Å². The number of nitrogens with zero attached hydrogens (tertiary/aromatic N) is 1. The summed E-state index contributed by atoms with van der Waals surface area (Å²) in [5, 5.41) is 6.38. The summed E-state index contributed by atoms with van der Waals surface area (Å²) in [6.45, 7) is 5.09. The number of nitrogens with one attached hydrogen (secondary N) is 2. The summed E-state index contributed by atoms with van der Waals surface area (Å²) < 4.78 is 11.3. The van der Waals surface area contributed by atoms with Crippen LogP contribution in [0, 0.1) is 5.92 Å². The van der Waals surface area contributed by atoms with Gasteiger partial charge in [0.2, 0.25) is 11.8 Å². The fraction of sp³-hybridized carbons (Fsp3) is 0.464. The first kappa shape index (κ1) is 28.3. The van der Waals surface area contributed by atoms with Crippen LogP contribution in [0.4, 0.5) is 0 Å². The van der Waals surface area contributed by atoms with Gasteiger partial charge in [-0.15, -0.1) is 0 Å². The minimum absolute atomic E-state index is 0.0457. The summed E-state index contributed by atoms with van der Waals surface area (Å²) in [5.74, 6) is 0.728. The van der Waals surface area contributed by atoms with Crippen LogP contribution in [-0.2, 0) is 16.0 Å². The van der Waals surface area contributed by atoms with Gasteiger partial charge < -0.3 is 25.0 Å². The van der Waals surface area contributed by atoms with Crippen LogP contribution in [-0.4, -0.2) is 62.0 Å². The molecule has 0 saturated heterocycles. The third-order valence-electron chi connectivity index (χ3n) is 6.06. The van der Waals surface area contributed by atoms with E-state index in [4.69, 9.17) is 21.1 Å². The number of ether oxygens (including phenoxy) is 2. The number of methoxy groups -OCH3 is 1. The minimum atomic E-state index is -0.292. The van der Waals surface area contributed by atoms with E-state index in [1.165, 1.54) is 0 Å². The molecule has 0 fully saturated rings. The molecule has 2 N–H and O–H groups in total. The van der Waals surface area contributed by atoms with E-state index < -0.39 is 0 Å². The summed E-state index contributed by atoms with van der Waals surface area (Å²) in [6, 6.07) is 12.0. The quantitative estimate of drug-likeness (QED) is 0.613. The van der Waals surface area contributed by atoms with E-state index in [0.717, 1.165) is 5.56 Å². The Hall–Kier alpha value is -3.26. The molecule has 37 heavy (non-hydrogen) atoms. The first-order valence-electron chi connectivity index (χ1n) is 12.7. The molecule has 0 spiro atoms. The molecule has 3 amide bonds. The molecule has 0 bridgehead atoms. The van der Waals surface area contributed by atoms with Gasteiger partial charge in [0.25, 0.3) is 5.91 Å². The van der Waals surface area contributed by atoms with Gasteiger partial charge in [-0.1, -0.05) is 37.6 Å². The number of halogens is 1. The van der Waals surface area contributed by atoms with Crippen LogP contribution >= 0.6 is 11.6 Å². The predicted molar refractivity (Wildman–Crippen MR) is 143 cm³/mol. The number of rotatable bonds is 5. The van der Waals surface area contributed by atoms with Crippen molar-refractivity contribution in [2.75, 3.05) is 33.4 Å². The van der Waals surface area contributed by atoms with Crippen LogP contribution in [0.25, 0.3) is 0 Å². The fourth-order valence-electron chi connectivity index (χ4n) is 4.27. The molecule has 1 atom stereocenters. The second-order valence-corrected chi connectivity index (χ2v) is 10.1. The monoisotopic (exact) mass is 529 g/mol. The van der Waals surface area contributed by atoms with E-state index in [-0.39, 0.29) is 43.3 Å². The standard InChI is InChI=1S/C28H36ClN3O5/c1-19(2)13-22-18-37-25-10-9-21(29)16-24(25)28(35)30-11-4-5-12-32(17-26(33)31-22)27(34)15-20-7-6-8-23(14-20)36-3/h6-10,14,16,19,22H,4-5,11-13,15,17-18H2,1-3H3,(H,30,35)(H,31,33)/t22-/m0/s1. The first-order chi connectivity index (χ1) is 17.7. The second kappa shape index (κ2) is 13.9. The van der Waals surface area contributed by atoms with Crippen molar-refractivity contribution in [2.24, 2.45) is 5.92 Å². The number of carbonyl (C=O) groups excluding carboxylic acids is 3. The van der Waals surface area contributed by atoms with Crippen LogP contribution < -0.4 is 20.1 Å². The van der Waals surface area contributed by atoms with Crippen LogP contribution in [0.3, 0.4) is 0 Å². The van der Waals surface area contributed by atoms with Crippen LogP contribution in [0.5, 0.6) is 11.5 Å². The highest BCUT2D eigenvalue weighted by Crippen LogP contribution is 2.24. The number of amides is 3. The van der Waals surface area contributed by atoms with E-state index >= 15 is 0 Å². The maximum atomic E-state index is 13.2. The molecular weight excluding hydrogens is 494 g/mol. The average Bonchev–Trinajstić information content (AvgIpc) is 2.86. The normalized spacial score (nSPS) is 17.5. The van der Waals surface area contributed by atoms with Crippen LogP contribution in [0.2, 0.25) is 5.02 Å². The van der Waals surface area contributed by atoms with E-state index in [9.17, 15) is 14.4 Å². The van der Waals surface area contributed by atoms with Gasteiger partial charge in [0, 0.05) is 18.1 Å². The molecule has 0 aromatic heterocycles. The molecule has 1 aliphatic rings. The Kier molecular flexibility index (Phi) is 10.6. The average molecular weight is 530 g/mol. The third kappa shape index (κ3) is 8.97. The summed E-state index contributed by atoms with van der Waals surface area (Å²) in [5.41, 5.74) is 1.17. The Bertz CT molecular complexity index is 1090. The summed E-state index contributed by atoms with van der Waals surface area (Å²) >= 11 is 6.14. The third-order valence-corrected chi connectivity index (χ3v) is 6.30. The molecule has 0 unspecified atom stereocenters. The summed E-state index contributed by atoms with van der Waals surface area (Å²) in [7, 11) is 1.58. The van der Waals surface area contributed by atoms with Gasteiger partial charge in [-0.25, -0.2) is 0 Å². The van der Waals surface area contributed by atoms with Crippen molar-refractivity contribution >= 4 is 29.3 Å². The summed E-state index contributed by atoms with van der Waals surface area (Å²) in [4.78, 5) is 40.7. The molecule has 2 aromatic carbocycles. The maximum absolute atomic E-state index is 13.2.